The third-order valence-electron chi connectivity index (χ3n) is 1.94. The van der Waals surface area contributed by atoms with Crippen LogP contribution < -0.4 is 5.32 Å². The van der Waals surface area contributed by atoms with Gasteiger partial charge in [-0.05, 0) is 31.2 Å². The zero-order chi connectivity index (χ0) is 12.8. The molecule has 0 saturated carbocycles. The Bertz CT molecular complexity index is 433. The van der Waals surface area contributed by atoms with Crippen molar-refractivity contribution < 1.29 is 14.3 Å². The van der Waals surface area contributed by atoms with Gasteiger partial charge in [0, 0.05) is 22.7 Å². The number of hydrogen-bond acceptors (Lipinski definition) is 2. The Labute approximate surface area is 107 Å². The van der Waals surface area contributed by atoms with E-state index in [1.807, 2.05) is 0 Å². The Morgan fingerprint density at radius 2 is 2.35 bits per heavy atom. The lowest BCUT2D eigenvalue weighted by Gasteiger charge is -2.03. The molecule has 0 aliphatic rings. The minimum Gasteiger partial charge on any atom is -0.392 e. The molecule has 2 N–H and O–H groups in total. The molecular formula is C12H13BrFNO2. The van der Waals surface area contributed by atoms with Crippen LogP contribution in [0.2, 0.25) is 0 Å². The van der Waals surface area contributed by atoms with Crippen LogP contribution in [0.5, 0.6) is 0 Å². The van der Waals surface area contributed by atoms with Gasteiger partial charge < -0.3 is 10.4 Å². The van der Waals surface area contributed by atoms with E-state index in [0.717, 1.165) is 4.47 Å². The lowest BCUT2D eigenvalue weighted by molar-refractivity contribution is -0.116. The quantitative estimate of drug-likeness (QED) is 0.837. The second kappa shape index (κ2) is 6.51. The molecule has 5 heteroatoms. The molecule has 0 bridgehead atoms. The van der Waals surface area contributed by atoms with Crippen molar-refractivity contribution in [1.29, 1.82) is 0 Å². The van der Waals surface area contributed by atoms with Crippen LogP contribution in [-0.4, -0.2) is 23.7 Å². The highest BCUT2D eigenvalue weighted by Gasteiger charge is 2.01. The molecule has 0 fully saturated rings. The highest BCUT2D eigenvalue weighted by molar-refractivity contribution is 9.10. The SMILES string of the molecule is CC(O)CNC(=O)/C=C/c1cc(Br)ccc1F. The molecule has 0 radical (unpaired) electrons. The van der Waals surface area contributed by atoms with Gasteiger partial charge in [0.15, 0.2) is 0 Å². The van der Waals surface area contributed by atoms with Gasteiger partial charge in [0.2, 0.25) is 5.91 Å². The summed E-state index contributed by atoms with van der Waals surface area (Å²) in [5.74, 6) is -0.766. The van der Waals surface area contributed by atoms with Crippen molar-refractivity contribution >= 4 is 27.9 Å². The van der Waals surface area contributed by atoms with Crippen LogP contribution in [0.4, 0.5) is 4.39 Å². The third-order valence-corrected chi connectivity index (χ3v) is 2.44. The molecule has 0 heterocycles. The first-order valence-electron chi connectivity index (χ1n) is 5.08. The summed E-state index contributed by atoms with van der Waals surface area (Å²) >= 11 is 3.22. The maximum atomic E-state index is 13.3. The Hall–Kier alpha value is -1.20. The molecule has 92 valence electrons. The fraction of sp³-hybridized carbons (Fsp3) is 0.250. The smallest absolute Gasteiger partial charge is 0.244 e. The number of nitrogens with one attached hydrogen (secondary N) is 1. The number of hydrogen-bond donors (Lipinski definition) is 2. The average Bonchev–Trinajstić information content (AvgIpc) is 2.27. The molecule has 1 aromatic carbocycles. The van der Waals surface area contributed by atoms with E-state index >= 15 is 0 Å². The van der Waals surface area contributed by atoms with Crippen molar-refractivity contribution in [2.24, 2.45) is 0 Å². The molecule has 1 aromatic rings. The van der Waals surface area contributed by atoms with Crippen LogP contribution in [0.25, 0.3) is 6.08 Å². The number of benzene rings is 1. The minimum absolute atomic E-state index is 0.171. The molecule has 3 nitrogen and oxygen atoms in total. The molecule has 0 aliphatic heterocycles. The summed E-state index contributed by atoms with van der Waals surface area (Å²) < 4.78 is 14.0. The maximum Gasteiger partial charge on any atom is 0.244 e. The Kier molecular flexibility index (Phi) is 5.31. The lowest BCUT2D eigenvalue weighted by atomic mass is 10.2. The van der Waals surface area contributed by atoms with Crippen molar-refractivity contribution in [3.05, 3.63) is 40.1 Å². The van der Waals surface area contributed by atoms with Crippen LogP contribution in [0, 0.1) is 5.82 Å². The summed E-state index contributed by atoms with van der Waals surface area (Å²) in [6, 6.07) is 4.48. The molecule has 1 rings (SSSR count). The number of aliphatic hydroxyl groups is 1. The number of amides is 1. The first-order valence-corrected chi connectivity index (χ1v) is 5.87. The van der Waals surface area contributed by atoms with Crippen LogP contribution in [0.3, 0.4) is 0 Å². The molecule has 0 spiro atoms. The fourth-order valence-corrected chi connectivity index (χ4v) is 1.49. The Morgan fingerprint density at radius 3 is 3.00 bits per heavy atom. The summed E-state index contributed by atoms with van der Waals surface area (Å²) in [5.41, 5.74) is 0.326. The van der Waals surface area contributed by atoms with Gasteiger partial charge in [-0.25, -0.2) is 4.39 Å². The van der Waals surface area contributed by atoms with Gasteiger partial charge in [0.05, 0.1) is 6.10 Å². The molecule has 1 amide bonds. The summed E-state index contributed by atoms with van der Waals surface area (Å²) in [7, 11) is 0. The van der Waals surface area contributed by atoms with Gasteiger partial charge in [-0.1, -0.05) is 15.9 Å². The van der Waals surface area contributed by atoms with Gasteiger partial charge in [-0.2, -0.15) is 0 Å². The first kappa shape index (κ1) is 13.9. The maximum absolute atomic E-state index is 13.3. The topological polar surface area (TPSA) is 49.3 Å². The van der Waals surface area contributed by atoms with Crippen molar-refractivity contribution in [2.45, 2.75) is 13.0 Å². The van der Waals surface area contributed by atoms with Crippen LogP contribution in [0.15, 0.2) is 28.7 Å². The summed E-state index contributed by atoms with van der Waals surface area (Å²) in [6.45, 7) is 1.74. The first-order chi connectivity index (χ1) is 7.99. The molecule has 1 atom stereocenters. The number of aliphatic hydroxyl groups excluding tert-OH is 1. The molecule has 0 saturated heterocycles. The molecule has 0 aromatic heterocycles. The number of carbonyl (C=O) groups is 1. The molecule has 1 unspecified atom stereocenters. The third kappa shape index (κ3) is 5.10. The van der Waals surface area contributed by atoms with Crippen molar-refractivity contribution in [3.63, 3.8) is 0 Å². The van der Waals surface area contributed by atoms with Gasteiger partial charge >= 0.3 is 0 Å². The van der Waals surface area contributed by atoms with Gasteiger partial charge in [0.25, 0.3) is 0 Å². The van der Waals surface area contributed by atoms with Gasteiger partial charge in [-0.15, -0.1) is 0 Å². The van der Waals surface area contributed by atoms with E-state index in [2.05, 4.69) is 21.2 Å². The van der Waals surface area contributed by atoms with Gasteiger partial charge in [0.1, 0.15) is 5.82 Å². The standard InChI is InChI=1S/C12H13BrFNO2/c1-8(16)7-15-12(17)5-2-9-6-10(13)3-4-11(9)14/h2-6,8,16H,7H2,1H3,(H,15,17)/b5-2+. The van der Waals surface area contributed by atoms with E-state index in [-0.39, 0.29) is 12.5 Å². The van der Waals surface area contributed by atoms with Crippen molar-refractivity contribution in [2.75, 3.05) is 6.54 Å². The Morgan fingerprint density at radius 1 is 1.65 bits per heavy atom. The van der Waals surface area contributed by atoms with E-state index in [4.69, 9.17) is 5.11 Å². The van der Waals surface area contributed by atoms with E-state index in [1.165, 1.54) is 18.2 Å². The zero-order valence-electron chi connectivity index (χ0n) is 9.28. The second-order valence-corrected chi connectivity index (χ2v) is 4.51. The Balaban J connectivity index is 2.64. The largest absolute Gasteiger partial charge is 0.392 e. The molecule has 0 aliphatic carbocycles. The normalized spacial score (nSPS) is 12.7. The van der Waals surface area contributed by atoms with E-state index in [1.54, 1.807) is 19.1 Å². The highest BCUT2D eigenvalue weighted by Crippen LogP contribution is 2.16. The molecular weight excluding hydrogens is 289 g/mol. The highest BCUT2D eigenvalue weighted by atomic mass is 79.9. The average molecular weight is 302 g/mol. The number of carbonyl (C=O) groups excluding carboxylic acids is 1. The second-order valence-electron chi connectivity index (χ2n) is 3.59. The predicted octanol–water partition coefficient (Wildman–Crippen LogP) is 2.10. The van der Waals surface area contributed by atoms with Crippen molar-refractivity contribution in [1.82, 2.24) is 5.32 Å². The summed E-state index contributed by atoms with van der Waals surface area (Å²) in [5, 5.41) is 11.4. The van der Waals surface area contributed by atoms with Crippen LogP contribution in [0.1, 0.15) is 12.5 Å². The fourth-order valence-electron chi connectivity index (χ4n) is 1.12. The minimum atomic E-state index is -0.602. The molecule has 17 heavy (non-hydrogen) atoms. The predicted molar refractivity (Wildman–Crippen MR) is 67.8 cm³/mol. The summed E-state index contributed by atoms with van der Waals surface area (Å²) in [6.07, 6.45) is 2.01. The van der Waals surface area contributed by atoms with E-state index in [9.17, 15) is 9.18 Å². The van der Waals surface area contributed by atoms with Crippen molar-refractivity contribution in [3.8, 4) is 0 Å². The number of halogens is 2. The van der Waals surface area contributed by atoms with Crippen LogP contribution in [-0.2, 0) is 4.79 Å². The lowest BCUT2D eigenvalue weighted by Crippen LogP contribution is -2.28. The monoisotopic (exact) mass is 301 g/mol. The van der Waals surface area contributed by atoms with E-state index < -0.39 is 11.9 Å². The van der Waals surface area contributed by atoms with E-state index in [0.29, 0.717) is 5.56 Å². The number of rotatable bonds is 4. The summed E-state index contributed by atoms with van der Waals surface area (Å²) in [4.78, 5) is 11.3. The van der Waals surface area contributed by atoms with Gasteiger partial charge in [-0.3, -0.25) is 4.79 Å². The zero-order valence-corrected chi connectivity index (χ0v) is 10.9. The van der Waals surface area contributed by atoms with Crippen LogP contribution >= 0.6 is 15.9 Å².